The van der Waals surface area contributed by atoms with Gasteiger partial charge in [-0.05, 0) is 23.1 Å². The van der Waals surface area contributed by atoms with E-state index in [-0.39, 0.29) is 12.3 Å². The van der Waals surface area contributed by atoms with Gasteiger partial charge >= 0.3 is 0 Å². The molecule has 0 aromatic heterocycles. The molecule has 2 aliphatic rings. The Morgan fingerprint density at radius 1 is 0.439 bits per heavy atom. The second kappa shape index (κ2) is 18.3. The molecular formula is C28H38N2O11. The summed E-state index contributed by atoms with van der Waals surface area (Å²) in [6, 6.07) is 9.89. The molecule has 4 rings (SSSR count). The van der Waals surface area contributed by atoms with E-state index in [1.807, 2.05) is 0 Å². The number of nitrogens with zero attached hydrogens (tertiary/aromatic N) is 2. The van der Waals surface area contributed by atoms with Crippen molar-refractivity contribution < 1.29 is 52.2 Å². The lowest BCUT2D eigenvalue weighted by Crippen LogP contribution is -2.13. The van der Waals surface area contributed by atoms with Crippen LogP contribution in [0.4, 0.5) is 11.4 Å². The molecule has 0 fully saturated rings. The Balaban J connectivity index is 1.46. The monoisotopic (exact) mass is 578 g/mol. The van der Waals surface area contributed by atoms with Crippen LogP contribution in [0.1, 0.15) is 0 Å². The molecule has 0 bridgehead atoms. The highest BCUT2D eigenvalue weighted by Gasteiger charge is 2.15. The molecule has 0 unspecified atom stereocenters. The number of fused-ring (bicyclic) bond motifs is 2. The lowest BCUT2D eigenvalue weighted by molar-refractivity contribution is -0.435. The topological polar surface area (TPSA) is 131 Å². The first kappa shape index (κ1) is 30.8. The summed E-state index contributed by atoms with van der Waals surface area (Å²) in [4.78, 5) is 0.516. The van der Waals surface area contributed by atoms with E-state index in [0.29, 0.717) is 133 Å². The van der Waals surface area contributed by atoms with Crippen LogP contribution in [0.2, 0.25) is 0 Å². The van der Waals surface area contributed by atoms with Gasteiger partial charge in [-0.1, -0.05) is 0 Å². The Labute approximate surface area is 239 Å². The largest absolute Gasteiger partial charge is 0.594 e. The number of azo groups is 1. The van der Waals surface area contributed by atoms with Crippen LogP contribution in [0.5, 0.6) is 23.0 Å². The highest BCUT2D eigenvalue weighted by molar-refractivity contribution is 5.52. The van der Waals surface area contributed by atoms with E-state index in [0.717, 1.165) is 0 Å². The fraction of sp³-hybridized carbons (Fsp3) is 0.571. The molecule has 13 heteroatoms. The van der Waals surface area contributed by atoms with Crippen molar-refractivity contribution >= 4 is 11.4 Å². The van der Waals surface area contributed by atoms with Crippen LogP contribution in [0.3, 0.4) is 0 Å². The molecule has 2 heterocycles. The van der Waals surface area contributed by atoms with Gasteiger partial charge in [-0.25, -0.2) is 0 Å². The SMILES string of the molecule is [O-][N+](=Nc1ccc2c(c1)OCCOCCOCCOCCO2)c1ccc2c(c1)OCCOCCOCCOCCO2. The van der Waals surface area contributed by atoms with Gasteiger partial charge in [-0.3, -0.25) is 0 Å². The molecule has 0 N–H and O–H groups in total. The van der Waals surface area contributed by atoms with Crippen molar-refractivity contribution in [3.05, 3.63) is 41.6 Å². The summed E-state index contributed by atoms with van der Waals surface area (Å²) in [5.41, 5.74) is 0.642. The molecule has 0 atom stereocenters. The first-order valence-electron chi connectivity index (χ1n) is 13.7. The minimum absolute atomic E-state index is 0.261. The van der Waals surface area contributed by atoms with Crippen molar-refractivity contribution in [2.45, 2.75) is 0 Å². The lowest BCUT2D eigenvalue weighted by Gasteiger charge is -2.14. The summed E-state index contributed by atoms with van der Waals surface area (Å²) in [6.07, 6.45) is 0. The number of benzene rings is 2. The van der Waals surface area contributed by atoms with Crippen LogP contribution in [0, 0.1) is 5.21 Å². The van der Waals surface area contributed by atoms with Crippen molar-refractivity contribution in [3.63, 3.8) is 0 Å². The van der Waals surface area contributed by atoms with Crippen molar-refractivity contribution in [2.24, 2.45) is 5.11 Å². The van der Waals surface area contributed by atoms with Gasteiger partial charge in [-0.15, -0.1) is 0 Å². The Bertz CT molecular complexity index is 1070. The van der Waals surface area contributed by atoms with Crippen LogP contribution in [0.25, 0.3) is 0 Å². The Kier molecular flexibility index (Phi) is 13.7. The fourth-order valence-electron chi connectivity index (χ4n) is 3.73. The van der Waals surface area contributed by atoms with E-state index in [1.54, 1.807) is 36.4 Å². The Morgan fingerprint density at radius 3 is 1.27 bits per heavy atom. The average molecular weight is 579 g/mol. The molecule has 13 nitrogen and oxygen atoms in total. The summed E-state index contributed by atoms with van der Waals surface area (Å²) in [5, 5.41) is 17.3. The van der Waals surface area contributed by atoms with Gasteiger partial charge in [-0.2, -0.15) is 0 Å². The van der Waals surface area contributed by atoms with Gasteiger partial charge in [0, 0.05) is 17.2 Å². The molecule has 0 spiro atoms. The molecule has 0 aliphatic carbocycles. The van der Waals surface area contributed by atoms with Crippen LogP contribution in [-0.2, 0) is 28.4 Å². The maximum absolute atomic E-state index is 13.1. The van der Waals surface area contributed by atoms with E-state index in [2.05, 4.69) is 5.11 Å². The third-order valence-electron chi connectivity index (χ3n) is 5.71. The lowest BCUT2D eigenvalue weighted by atomic mass is 10.2. The highest BCUT2D eigenvalue weighted by atomic mass is 16.6. The van der Waals surface area contributed by atoms with Gasteiger partial charge in [0.05, 0.1) is 85.3 Å². The zero-order chi connectivity index (χ0) is 28.4. The van der Waals surface area contributed by atoms with Gasteiger partial charge in [0.25, 0.3) is 0 Å². The smallest absolute Gasteiger partial charge is 0.248 e. The third-order valence-corrected chi connectivity index (χ3v) is 5.71. The van der Waals surface area contributed by atoms with E-state index >= 15 is 0 Å². The number of hydrogen-bond donors (Lipinski definition) is 0. The maximum atomic E-state index is 13.1. The molecule has 2 aliphatic heterocycles. The van der Waals surface area contributed by atoms with Crippen molar-refractivity contribution in [2.75, 3.05) is 106 Å². The van der Waals surface area contributed by atoms with Gasteiger partial charge < -0.3 is 52.6 Å². The van der Waals surface area contributed by atoms with E-state index in [4.69, 9.17) is 47.4 Å². The Hall–Kier alpha value is -3.20. The van der Waals surface area contributed by atoms with Gasteiger partial charge in [0.2, 0.25) is 5.69 Å². The second-order valence-electron chi connectivity index (χ2n) is 8.70. The van der Waals surface area contributed by atoms with E-state index in [9.17, 15) is 5.21 Å². The summed E-state index contributed by atoms with van der Waals surface area (Å²) >= 11 is 0. The van der Waals surface area contributed by atoms with Crippen molar-refractivity contribution in [1.82, 2.24) is 0 Å². The molecule has 41 heavy (non-hydrogen) atoms. The number of ether oxygens (including phenoxy) is 10. The molecule has 0 radical (unpaired) electrons. The minimum atomic E-state index is 0.261. The maximum Gasteiger partial charge on any atom is 0.248 e. The molecule has 2 aromatic carbocycles. The van der Waals surface area contributed by atoms with E-state index in [1.165, 1.54) is 0 Å². The second-order valence-corrected chi connectivity index (χ2v) is 8.70. The zero-order valence-electron chi connectivity index (χ0n) is 23.2. The van der Waals surface area contributed by atoms with E-state index < -0.39 is 0 Å². The normalized spacial score (nSPS) is 19.6. The molecule has 226 valence electrons. The fourth-order valence-corrected chi connectivity index (χ4v) is 3.73. The standard InChI is InChI=1S/C28H38N2O11/c31-30(24-2-4-26-28(22-24)41-20-16-37-12-8-33-6-10-35-14-18-39-26)29-23-1-3-25-27(21-23)40-19-15-36-11-7-32-5-9-34-13-17-38-25/h1-4,21-22H,5-20H2. The molecule has 0 saturated heterocycles. The molecular weight excluding hydrogens is 540 g/mol. The third kappa shape index (κ3) is 11.3. The van der Waals surface area contributed by atoms with Crippen LogP contribution in [0.15, 0.2) is 41.5 Å². The van der Waals surface area contributed by atoms with Crippen LogP contribution < -0.4 is 18.9 Å². The van der Waals surface area contributed by atoms with Crippen molar-refractivity contribution in [1.29, 1.82) is 0 Å². The predicted molar refractivity (Wildman–Crippen MR) is 145 cm³/mol. The van der Waals surface area contributed by atoms with Gasteiger partial charge in [0.15, 0.2) is 23.0 Å². The summed E-state index contributed by atoms with van der Waals surface area (Å²) < 4.78 is 56.3. The molecule has 0 amide bonds. The van der Waals surface area contributed by atoms with Crippen molar-refractivity contribution in [3.8, 4) is 23.0 Å². The molecule has 0 saturated carbocycles. The van der Waals surface area contributed by atoms with Crippen LogP contribution in [-0.4, -0.2) is 111 Å². The number of hydrogen-bond acceptors (Lipinski definition) is 12. The number of rotatable bonds is 2. The average Bonchev–Trinajstić information content (AvgIpc) is 3.00. The molecule has 2 aromatic rings. The van der Waals surface area contributed by atoms with Crippen LogP contribution >= 0.6 is 0 Å². The summed E-state index contributed by atoms with van der Waals surface area (Å²) in [6.45, 7) is 6.53. The quantitative estimate of drug-likeness (QED) is 0.296. The highest BCUT2D eigenvalue weighted by Crippen LogP contribution is 2.34. The first-order chi connectivity index (χ1) is 20.3. The first-order valence-corrected chi connectivity index (χ1v) is 13.7. The Morgan fingerprint density at radius 2 is 0.805 bits per heavy atom. The minimum Gasteiger partial charge on any atom is -0.594 e. The summed E-state index contributed by atoms with van der Waals surface area (Å²) in [5.74, 6) is 1.85. The zero-order valence-corrected chi connectivity index (χ0v) is 23.2. The summed E-state index contributed by atoms with van der Waals surface area (Å²) in [7, 11) is 0. The van der Waals surface area contributed by atoms with Gasteiger partial charge in [0.1, 0.15) is 32.1 Å². The predicted octanol–water partition coefficient (Wildman–Crippen LogP) is 3.25.